The molecule has 1 N–H and O–H groups in total. The van der Waals surface area contributed by atoms with Crippen LogP contribution in [0.2, 0.25) is 0 Å². The number of rotatable bonds is 5. The minimum Gasteiger partial charge on any atom is -0.484 e. The van der Waals surface area contributed by atoms with Gasteiger partial charge in [-0.2, -0.15) is 4.98 Å². The van der Waals surface area contributed by atoms with Gasteiger partial charge in [-0.05, 0) is 23.8 Å². The molecule has 0 aliphatic carbocycles. The molecule has 6 heteroatoms. The van der Waals surface area contributed by atoms with E-state index >= 15 is 0 Å². The number of ether oxygens (including phenoxy) is 1. The lowest BCUT2D eigenvalue weighted by Gasteiger charge is -2.06. The highest BCUT2D eigenvalue weighted by atomic mass is 79.9. The maximum absolute atomic E-state index is 9.14. The summed E-state index contributed by atoms with van der Waals surface area (Å²) < 4.78 is 11.4. The number of hydrogen-bond acceptors (Lipinski definition) is 5. The molecule has 5 nitrogen and oxygen atoms in total. The van der Waals surface area contributed by atoms with Crippen LogP contribution in [0.15, 0.2) is 27.2 Å². The average Bonchev–Trinajstić information content (AvgIpc) is 2.86. The Bertz CT molecular complexity index is 528. The van der Waals surface area contributed by atoms with Crippen molar-refractivity contribution >= 4 is 15.9 Å². The van der Waals surface area contributed by atoms with E-state index in [1.165, 1.54) is 0 Å². The molecule has 1 aromatic heterocycles. The van der Waals surface area contributed by atoms with Crippen molar-refractivity contribution in [2.75, 3.05) is 0 Å². The molecular weight excluding hydrogens is 300 g/mol. The molecule has 0 aliphatic heterocycles. The Kier molecular flexibility index (Phi) is 4.33. The first kappa shape index (κ1) is 13.0. The zero-order chi connectivity index (χ0) is 13.0. The van der Waals surface area contributed by atoms with E-state index in [2.05, 4.69) is 26.1 Å². The van der Waals surface area contributed by atoms with Crippen LogP contribution in [0.1, 0.15) is 24.2 Å². The second-order valence-corrected chi connectivity index (χ2v) is 4.51. The Labute approximate surface area is 113 Å². The standard InChI is InChI=1S/C12H13BrN2O3/c1-2-11-14-12(18-15-11)7-17-9-3-4-10(13)8(5-9)6-16/h3-5,16H,2,6-7H2,1H3. The molecule has 0 amide bonds. The Morgan fingerprint density at radius 1 is 1.44 bits per heavy atom. The first-order valence-corrected chi connectivity index (χ1v) is 6.35. The second-order valence-electron chi connectivity index (χ2n) is 3.66. The number of aryl methyl sites for hydroxylation is 1. The van der Waals surface area contributed by atoms with Crippen molar-refractivity contribution in [3.8, 4) is 5.75 Å². The van der Waals surface area contributed by atoms with E-state index < -0.39 is 0 Å². The first-order chi connectivity index (χ1) is 8.72. The van der Waals surface area contributed by atoms with E-state index in [4.69, 9.17) is 14.4 Å². The van der Waals surface area contributed by atoms with Gasteiger partial charge >= 0.3 is 0 Å². The summed E-state index contributed by atoms with van der Waals surface area (Å²) in [5.41, 5.74) is 0.771. The highest BCUT2D eigenvalue weighted by molar-refractivity contribution is 9.10. The van der Waals surface area contributed by atoms with Crippen molar-refractivity contribution < 1.29 is 14.4 Å². The van der Waals surface area contributed by atoms with Crippen LogP contribution in [0.3, 0.4) is 0 Å². The van der Waals surface area contributed by atoms with E-state index in [1.54, 1.807) is 12.1 Å². The van der Waals surface area contributed by atoms with Gasteiger partial charge < -0.3 is 14.4 Å². The number of hydrogen-bond donors (Lipinski definition) is 1. The van der Waals surface area contributed by atoms with Gasteiger partial charge in [0.25, 0.3) is 5.89 Å². The van der Waals surface area contributed by atoms with E-state index in [0.29, 0.717) is 17.5 Å². The summed E-state index contributed by atoms with van der Waals surface area (Å²) in [6, 6.07) is 5.40. The third-order valence-electron chi connectivity index (χ3n) is 2.38. The van der Waals surface area contributed by atoms with Gasteiger partial charge in [0.1, 0.15) is 5.75 Å². The van der Waals surface area contributed by atoms with E-state index in [-0.39, 0.29) is 13.2 Å². The van der Waals surface area contributed by atoms with Crippen molar-refractivity contribution in [1.29, 1.82) is 0 Å². The lowest BCUT2D eigenvalue weighted by atomic mass is 10.2. The molecule has 0 radical (unpaired) electrons. The molecule has 18 heavy (non-hydrogen) atoms. The molecular formula is C12H13BrN2O3. The van der Waals surface area contributed by atoms with E-state index in [1.807, 2.05) is 13.0 Å². The summed E-state index contributed by atoms with van der Waals surface area (Å²) in [5.74, 6) is 1.76. The Morgan fingerprint density at radius 3 is 2.94 bits per heavy atom. The third kappa shape index (κ3) is 3.08. The predicted molar refractivity (Wildman–Crippen MR) is 68.1 cm³/mol. The van der Waals surface area contributed by atoms with Crippen molar-refractivity contribution in [1.82, 2.24) is 10.1 Å². The second kappa shape index (κ2) is 5.97. The smallest absolute Gasteiger partial charge is 0.264 e. The maximum Gasteiger partial charge on any atom is 0.264 e. The van der Waals surface area contributed by atoms with Gasteiger partial charge in [-0.1, -0.05) is 28.0 Å². The third-order valence-corrected chi connectivity index (χ3v) is 3.15. The van der Waals surface area contributed by atoms with Gasteiger partial charge in [0, 0.05) is 10.9 Å². The van der Waals surface area contributed by atoms with Crippen LogP contribution in [-0.2, 0) is 19.6 Å². The molecule has 0 saturated carbocycles. The molecule has 2 aromatic rings. The molecule has 0 spiro atoms. The summed E-state index contributed by atoms with van der Waals surface area (Å²) in [6.45, 7) is 2.13. The summed E-state index contributed by atoms with van der Waals surface area (Å²) in [6.07, 6.45) is 0.733. The van der Waals surface area contributed by atoms with Crippen LogP contribution in [0, 0.1) is 0 Å². The maximum atomic E-state index is 9.14. The SMILES string of the molecule is CCc1noc(COc2ccc(Br)c(CO)c2)n1. The van der Waals surface area contributed by atoms with Crippen LogP contribution in [0.25, 0.3) is 0 Å². The van der Waals surface area contributed by atoms with Crippen LogP contribution in [0.5, 0.6) is 5.75 Å². The fourth-order valence-electron chi connectivity index (χ4n) is 1.40. The lowest BCUT2D eigenvalue weighted by Crippen LogP contribution is -1.97. The predicted octanol–water partition coefficient (Wildman–Crippen LogP) is 2.47. The monoisotopic (exact) mass is 312 g/mol. The fraction of sp³-hybridized carbons (Fsp3) is 0.333. The minimum atomic E-state index is -0.0433. The van der Waals surface area contributed by atoms with Crippen molar-refractivity contribution in [2.24, 2.45) is 0 Å². The Hall–Kier alpha value is -1.40. The number of aliphatic hydroxyl groups is 1. The van der Waals surface area contributed by atoms with Gasteiger partial charge in [-0.3, -0.25) is 0 Å². The fourth-order valence-corrected chi connectivity index (χ4v) is 1.77. The normalized spacial score (nSPS) is 10.6. The first-order valence-electron chi connectivity index (χ1n) is 5.56. The molecule has 0 saturated heterocycles. The van der Waals surface area contributed by atoms with Gasteiger partial charge in [0.05, 0.1) is 6.61 Å². The summed E-state index contributed by atoms with van der Waals surface area (Å²) in [5, 5.41) is 12.9. The molecule has 0 unspecified atom stereocenters. The minimum absolute atomic E-state index is 0.0433. The zero-order valence-corrected chi connectivity index (χ0v) is 11.5. The summed E-state index contributed by atoms with van der Waals surface area (Å²) in [7, 11) is 0. The van der Waals surface area contributed by atoms with Crippen molar-refractivity contribution in [3.05, 3.63) is 40.0 Å². The van der Waals surface area contributed by atoms with Crippen molar-refractivity contribution in [2.45, 2.75) is 26.6 Å². The lowest BCUT2D eigenvalue weighted by molar-refractivity contribution is 0.240. The molecule has 0 bridgehead atoms. The van der Waals surface area contributed by atoms with E-state index in [9.17, 15) is 0 Å². The molecule has 0 aliphatic rings. The van der Waals surface area contributed by atoms with Crippen LogP contribution in [-0.4, -0.2) is 15.2 Å². The van der Waals surface area contributed by atoms with Crippen LogP contribution < -0.4 is 4.74 Å². The highest BCUT2D eigenvalue weighted by Crippen LogP contribution is 2.23. The van der Waals surface area contributed by atoms with Gasteiger partial charge in [0.2, 0.25) is 0 Å². The topological polar surface area (TPSA) is 68.4 Å². The molecule has 0 fully saturated rings. The largest absolute Gasteiger partial charge is 0.484 e. The highest BCUT2D eigenvalue weighted by Gasteiger charge is 2.06. The zero-order valence-electron chi connectivity index (χ0n) is 9.89. The molecule has 1 heterocycles. The summed E-state index contributed by atoms with van der Waals surface area (Å²) in [4.78, 5) is 4.14. The van der Waals surface area contributed by atoms with Gasteiger partial charge in [-0.25, -0.2) is 0 Å². The van der Waals surface area contributed by atoms with Gasteiger partial charge in [0.15, 0.2) is 12.4 Å². The average molecular weight is 313 g/mol. The van der Waals surface area contributed by atoms with Crippen molar-refractivity contribution in [3.63, 3.8) is 0 Å². The Balaban J connectivity index is 2.01. The molecule has 96 valence electrons. The van der Waals surface area contributed by atoms with E-state index in [0.717, 1.165) is 16.5 Å². The number of benzene rings is 1. The quantitative estimate of drug-likeness (QED) is 0.918. The number of aliphatic hydroxyl groups excluding tert-OH is 1. The van der Waals surface area contributed by atoms with Crippen LogP contribution >= 0.6 is 15.9 Å². The van der Waals surface area contributed by atoms with Gasteiger partial charge in [-0.15, -0.1) is 0 Å². The number of aromatic nitrogens is 2. The summed E-state index contributed by atoms with van der Waals surface area (Å²) >= 11 is 3.34. The molecule has 0 atom stereocenters. The van der Waals surface area contributed by atoms with Crippen LogP contribution in [0.4, 0.5) is 0 Å². The number of halogens is 1. The number of nitrogens with zero attached hydrogens (tertiary/aromatic N) is 2. The molecule has 2 rings (SSSR count). The Morgan fingerprint density at radius 2 is 2.28 bits per heavy atom. The molecule has 1 aromatic carbocycles.